The molecule has 0 heterocycles. The summed E-state index contributed by atoms with van der Waals surface area (Å²) in [6, 6.07) is 7.40. The predicted octanol–water partition coefficient (Wildman–Crippen LogP) is 2.77. The van der Waals surface area contributed by atoms with Gasteiger partial charge < -0.3 is 10.2 Å². The van der Waals surface area contributed by atoms with E-state index in [4.69, 9.17) is 0 Å². The Balaban J connectivity index is 1.91. The zero-order chi connectivity index (χ0) is 13.9. The lowest BCUT2D eigenvalue weighted by Crippen LogP contribution is -2.43. The van der Waals surface area contributed by atoms with E-state index in [1.165, 1.54) is 0 Å². The van der Waals surface area contributed by atoms with Crippen LogP contribution < -0.4 is 0 Å². The number of nitrogens with zero attached hydrogens (tertiary/aromatic N) is 1. The fraction of sp³-hybridized carbons (Fsp3) is 0.625. The van der Waals surface area contributed by atoms with Crippen molar-refractivity contribution in [1.29, 1.82) is 0 Å². The topological polar surface area (TPSA) is 43.7 Å². The second-order valence-electron chi connectivity index (χ2n) is 6.21. The van der Waals surface area contributed by atoms with E-state index in [-0.39, 0.29) is 0 Å². The first-order chi connectivity index (χ1) is 8.98. The van der Waals surface area contributed by atoms with E-state index in [0.717, 1.165) is 37.2 Å². The van der Waals surface area contributed by atoms with Crippen LogP contribution in [-0.2, 0) is 6.54 Å². The van der Waals surface area contributed by atoms with E-state index < -0.39 is 5.60 Å². The summed E-state index contributed by atoms with van der Waals surface area (Å²) in [6.45, 7) is 3.60. The number of aromatic hydroxyl groups is 1. The van der Waals surface area contributed by atoms with Crippen molar-refractivity contribution in [2.24, 2.45) is 5.92 Å². The summed E-state index contributed by atoms with van der Waals surface area (Å²) in [4.78, 5) is 2.10. The van der Waals surface area contributed by atoms with Gasteiger partial charge in [0.2, 0.25) is 0 Å². The van der Waals surface area contributed by atoms with E-state index in [2.05, 4.69) is 11.8 Å². The lowest BCUT2D eigenvalue weighted by molar-refractivity contribution is -0.0316. The second kappa shape index (κ2) is 5.93. The largest absolute Gasteiger partial charge is 0.508 e. The first kappa shape index (κ1) is 14.4. The number of phenolic OH excluding ortho intramolecular Hbond substituents is 1. The molecule has 0 aliphatic heterocycles. The highest BCUT2D eigenvalue weighted by Gasteiger charge is 2.32. The Labute approximate surface area is 115 Å². The monoisotopic (exact) mass is 263 g/mol. The SMILES string of the molecule is CC1CCC(O)(CN(C)Cc2ccccc2O)CC1. The van der Waals surface area contributed by atoms with Gasteiger partial charge in [-0.05, 0) is 44.7 Å². The quantitative estimate of drug-likeness (QED) is 0.878. The molecule has 0 saturated heterocycles. The first-order valence-electron chi connectivity index (χ1n) is 7.16. The van der Waals surface area contributed by atoms with Crippen LogP contribution in [-0.4, -0.2) is 34.3 Å². The average molecular weight is 263 g/mol. The van der Waals surface area contributed by atoms with Gasteiger partial charge in [-0.25, -0.2) is 0 Å². The van der Waals surface area contributed by atoms with Crippen LogP contribution in [0.25, 0.3) is 0 Å². The van der Waals surface area contributed by atoms with Crippen LogP contribution in [0.3, 0.4) is 0 Å². The maximum atomic E-state index is 10.6. The zero-order valence-corrected chi connectivity index (χ0v) is 12.0. The molecule has 1 saturated carbocycles. The van der Waals surface area contributed by atoms with Gasteiger partial charge in [0.05, 0.1) is 5.60 Å². The summed E-state index contributed by atoms with van der Waals surface area (Å²) >= 11 is 0. The van der Waals surface area contributed by atoms with E-state index in [0.29, 0.717) is 18.8 Å². The van der Waals surface area contributed by atoms with Crippen LogP contribution in [0.1, 0.15) is 38.2 Å². The Morgan fingerprint density at radius 3 is 2.53 bits per heavy atom. The molecule has 0 unspecified atom stereocenters. The standard InChI is InChI=1S/C16H25NO2/c1-13-7-9-16(19,10-8-13)12-17(2)11-14-5-3-4-6-15(14)18/h3-6,13,18-19H,7-12H2,1-2H3. The molecule has 0 spiro atoms. The molecule has 1 fully saturated rings. The van der Waals surface area contributed by atoms with E-state index in [1.807, 2.05) is 25.2 Å². The molecule has 0 bridgehead atoms. The summed E-state index contributed by atoms with van der Waals surface area (Å²) in [5, 5.41) is 20.4. The number of rotatable bonds is 4. The Bertz CT molecular complexity index is 411. The average Bonchev–Trinajstić information content (AvgIpc) is 2.36. The minimum Gasteiger partial charge on any atom is -0.508 e. The number of hydrogen-bond acceptors (Lipinski definition) is 3. The van der Waals surface area contributed by atoms with Gasteiger partial charge in [0, 0.05) is 18.7 Å². The summed E-state index contributed by atoms with van der Waals surface area (Å²) in [5.74, 6) is 1.07. The number of benzene rings is 1. The van der Waals surface area contributed by atoms with Crippen molar-refractivity contribution >= 4 is 0 Å². The molecular formula is C16H25NO2. The van der Waals surface area contributed by atoms with Gasteiger partial charge in [-0.15, -0.1) is 0 Å². The molecule has 0 amide bonds. The van der Waals surface area contributed by atoms with Gasteiger partial charge >= 0.3 is 0 Å². The van der Waals surface area contributed by atoms with Crippen LogP contribution in [0, 0.1) is 5.92 Å². The molecule has 0 atom stereocenters. The van der Waals surface area contributed by atoms with Gasteiger partial charge in [0.25, 0.3) is 0 Å². The zero-order valence-electron chi connectivity index (χ0n) is 12.0. The summed E-state index contributed by atoms with van der Waals surface area (Å²) in [5.41, 5.74) is 0.365. The number of aliphatic hydroxyl groups is 1. The molecule has 0 aromatic heterocycles. The number of phenols is 1. The molecule has 1 aliphatic carbocycles. The fourth-order valence-electron chi connectivity index (χ4n) is 2.95. The Kier molecular flexibility index (Phi) is 4.48. The number of likely N-dealkylation sites (N-methyl/N-ethyl adjacent to an activating group) is 1. The van der Waals surface area contributed by atoms with Crippen molar-refractivity contribution < 1.29 is 10.2 Å². The minimum atomic E-state index is -0.550. The van der Waals surface area contributed by atoms with Crippen LogP contribution >= 0.6 is 0 Å². The maximum absolute atomic E-state index is 10.6. The highest BCUT2D eigenvalue weighted by molar-refractivity contribution is 5.31. The van der Waals surface area contributed by atoms with Crippen LogP contribution in [0.4, 0.5) is 0 Å². The molecular weight excluding hydrogens is 238 g/mol. The summed E-state index contributed by atoms with van der Waals surface area (Å²) in [7, 11) is 2.00. The number of hydrogen-bond donors (Lipinski definition) is 2. The van der Waals surface area contributed by atoms with Gasteiger partial charge in [0.15, 0.2) is 0 Å². The normalized spacial score (nSPS) is 27.7. The van der Waals surface area contributed by atoms with Gasteiger partial charge in [-0.2, -0.15) is 0 Å². The Hall–Kier alpha value is -1.06. The molecule has 106 valence electrons. The van der Waals surface area contributed by atoms with Crippen molar-refractivity contribution in [2.75, 3.05) is 13.6 Å². The third kappa shape index (κ3) is 3.95. The smallest absolute Gasteiger partial charge is 0.120 e. The molecule has 1 aromatic rings. The Morgan fingerprint density at radius 1 is 1.26 bits per heavy atom. The van der Waals surface area contributed by atoms with E-state index in [1.54, 1.807) is 6.07 Å². The first-order valence-corrected chi connectivity index (χ1v) is 7.16. The summed E-state index contributed by atoms with van der Waals surface area (Å²) < 4.78 is 0. The highest BCUT2D eigenvalue weighted by atomic mass is 16.3. The molecule has 3 heteroatoms. The van der Waals surface area contributed by atoms with Crippen LogP contribution in [0.5, 0.6) is 5.75 Å². The maximum Gasteiger partial charge on any atom is 0.120 e. The highest BCUT2D eigenvalue weighted by Crippen LogP contribution is 2.32. The molecule has 2 rings (SSSR count). The van der Waals surface area contributed by atoms with Crippen LogP contribution in [0.2, 0.25) is 0 Å². The molecule has 1 aromatic carbocycles. The van der Waals surface area contributed by atoms with Crippen molar-refractivity contribution in [1.82, 2.24) is 4.90 Å². The third-order valence-corrected chi connectivity index (χ3v) is 4.20. The lowest BCUT2D eigenvalue weighted by Gasteiger charge is -2.37. The predicted molar refractivity (Wildman–Crippen MR) is 77.0 cm³/mol. The van der Waals surface area contributed by atoms with Crippen molar-refractivity contribution in [3.63, 3.8) is 0 Å². The van der Waals surface area contributed by atoms with Crippen molar-refractivity contribution in [3.8, 4) is 5.75 Å². The van der Waals surface area contributed by atoms with Gasteiger partial charge in [-0.3, -0.25) is 4.90 Å². The molecule has 1 aliphatic rings. The summed E-state index contributed by atoms with van der Waals surface area (Å²) in [6.07, 6.45) is 4.00. The third-order valence-electron chi connectivity index (χ3n) is 4.20. The molecule has 0 radical (unpaired) electrons. The van der Waals surface area contributed by atoms with Crippen molar-refractivity contribution in [3.05, 3.63) is 29.8 Å². The van der Waals surface area contributed by atoms with E-state index >= 15 is 0 Å². The van der Waals surface area contributed by atoms with Crippen LogP contribution in [0.15, 0.2) is 24.3 Å². The van der Waals surface area contributed by atoms with E-state index in [9.17, 15) is 10.2 Å². The lowest BCUT2D eigenvalue weighted by atomic mass is 9.79. The van der Waals surface area contributed by atoms with Gasteiger partial charge in [-0.1, -0.05) is 25.1 Å². The number of para-hydroxylation sites is 1. The molecule has 19 heavy (non-hydrogen) atoms. The fourth-order valence-corrected chi connectivity index (χ4v) is 2.95. The minimum absolute atomic E-state index is 0.332. The van der Waals surface area contributed by atoms with Crippen molar-refractivity contribution in [2.45, 2.75) is 44.8 Å². The molecule has 2 N–H and O–H groups in total. The second-order valence-corrected chi connectivity index (χ2v) is 6.21. The molecule has 3 nitrogen and oxygen atoms in total. The van der Waals surface area contributed by atoms with Gasteiger partial charge in [0.1, 0.15) is 5.75 Å². The Morgan fingerprint density at radius 2 is 1.89 bits per heavy atom.